The highest BCUT2D eigenvalue weighted by Crippen LogP contribution is 2.45. The van der Waals surface area contributed by atoms with Crippen LogP contribution < -0.4 is 0 Å². The van der Waals surface area contributed by atoms with Crippen LogP contribution in [0.25, 0.3) is 0 Å². The number of aliphatic hydroxyl groups excluding tert-OH is 1. The first-order valence-corrected chi connectivity index (χ1v) is 43.7. The predicted molar refractivity (Wildman–Crippen MR) is 400 cm³/mol. The molecule has 0 fully saturated rings. The fraction of sp³-hybridized carbons (Fsp3) is 0.949. The molecule has 0 amide bonds. The van der Waals surface area contributed by atoms with Gasteiger partial charge in [0.2, 0.25) is 0 Å². The molecule has 0 heterocycles. The monoisotopic (exact) mass is 1440 g/mol. The first kappa shape index (κ1) is 96.1. The van der Waals surface area contributed by atoms with E-state index < -0.39 is 97.5 Å². The lowest BCUT2D eigenvalue weighted by Crippen LogP contribution is -2.30. The summed E-state index contributed by atoms with van der Waals surface area (Å²) < 4.78 is 68.5. The number of aliphatic hydroxyl groups is 1. The minimum absolute atomic E-state index is 0.104. The normalized spacial score (nSPS) is 14.3. The zero-order valence-corrected chi connectivity index (χ0v) is 66.2. The third-order valence-electron chi connectivity index (χ3n) is 18.7. The van der Waals surface area contributed by atoms with Crippen molar-refractivity contribution in [1.82, 2.24) is 0 Å². The zero-order chi connectivity index (χ0) is 72.4. The van der Waals surface area contributed by atoms with Crippen LogP contribution in [0.15, 0.2) is 0 Å². The van der Waals surface area contributed by atoms with Crippen LogP contribution in [0.5, 0.6) is 0 Å². The Morgan fingerprint density at radius 3 is 0.724 bits per heavy atom. The molecule has 0 rings (SSSR count). The topological polar surface area (TPSA) is 237 Å². The number of carbonyl (C=O) groups is 4. The molecule has 0 aromatic rings. The molecule has 0 bridgehead atoms. The van der Waals surface area contributed by atoms with E-state index in [-0.39, 0.29) is 25.7 Å². The highest BCUT2D eigenvalue weighted by molar-refractivity contribution is 7.47. The number of unbranched alkanes of at least 4 members (excludes halogenated alkanes) is 41. The minimum atomic E-state index is -4.96. The lowest BCUT2D eigenvalue weighted by atomic mass is 9.99. The second-order valence-corrected chi connectivity index (χ2v) is 33.0. The van der Waals surface area contributed by atoms with Crippen molar-refractivity contribution in [2.45, 2.75) is 420 Å². The van der Waals surface area contributed by atoms with Crippen molar-refractivity contribution in [2.75, 3.05) is 39.6 Å². The maximum absolute atomic E-state index is 13.1. The maximum atomic E-state index is 13.1. The van der Waals surface area contributed by atoms with Crippen molar-refractivity contribution in [2.24, 2.45) is 23.7 Å². The summed E-state index contributed by atoms with van der Waals surface area (Å²) in [5.74, 6) is 0.938. The van der Waals surface area contributed by atoms with E-state index >= 15 is 0 Å². The largest absolute Gasteiger partial charge is 0.472 e. The maximum Gasteiger partial charge on any atom is 0.472 e. The molecule has 98 heavy (non-hydrogen) atoms. The molecule has 0 saturated carbocycles. The Morgan fingerprint density at radius 1 is 0.286 bits per heavy atom. The van der Waals surface area contributed by atoms with Crippen molar-refractivity contribution < 1.29 is 80.2 Å². The van der Waals surface area contributed by atoms with Gasteiger partial charge in [0, 0.05) is 25.7 Å². The van der Waals surface area contributed by atoms with Crippen molar-refractivity contribution in [3.63, 3.8) is 0 Å². The lowest BCUT2D eigenvalue weighted by Gasteiger charge is -2.21. The lowest BCUT2D eigenvalue weighted by molar-refractivity contribution is -0.161. The van der Waals surface area contributed by atoms with Gasteiger partial charge in [0.15, 0.2) is 12.2 Å². The van der Waals surface area contributed by atoms with E-state index in [0.29, 0.717) is 31.6 Å². The Bertz CT molecular complexity index is 1920. The van der Waals surface area contributed by atoms with E-state index in [0.717, 1.165) is 114 Å². The van der Waals surface area contributed by atoms with Gasteiger partial charge in [0.1, 0.15) is 19.3 Å². The first-order chi connectivity index (χ1) is 47.1. The van der Waals surface area contributed by atoms with Gasteiger partial charge in [0.05, 0.1) is 26.4 Å². The molecule has 0 aliphatic rings. The van der Waals surface area contributed by atoms with Gasteiger partial charge in [-0.2, -0.15) is 0 Å². The molecule has 582 valence electrons. The molecule has 0 saturated heterocycles. The molecular formula is C79H154O17P2. The van der Waals surface area contributed by atoms with E-state index in [9.17, 15) is 43.2 Å². The second kappa shape index (κ2) is 68.2. The molecule has 0 radical (unpaired) electrons. The van der Waals surface area contributed by atoms with Crippen LogP contribution in [0.4, 0.5) is 0 Å². The highest BCUT2D eigenvalue weighted by atomic mass is 31.2. The van der Waals surface area contributed by atoms with Crippen molar-refractivity contribution in [3.05, 3.63) is 0 Å². The van der Waals surface area contributed by atoms with Crippen LogP contribution in [0.1, 0.15) is 402 Å². The second-order valence-electron chi connectivity index (χ2n) is 30.1. The molecule has 17 nitrogen and oxygen atoms in total. The summed E-state index contributed by atoms with van der Waals surface area (Å²) in [5, 5.41) is 10.6. The SMILES string of the molecule is CCC(C)CCCCCCCCCCCCCCCCCCCCC(=O)O[C@H](COC(=O)CCCCCCCCC(C)C)COP(=O)(O)OC[C@H](O)COP(=O)(O)OC[C@@H](COC(=O)CCCCCCCCCCCCCCCC(C)C)OC(=O)CCCCCCCCCCC(C)C. The average molecular weight is 1440 g/mol. The number of ether oxygens (including phenoxy) is 4. The number of phosphoric acid groups is 2. The van der Waals surface area contributed by atoms with Crippen LogP contribution in [0.2, 0.25) is 0 Å². The van der Waals surface area contributed by atoms with Crippen LogP contribution in [-0.4, -0.2) is 96.7 Å². The average Bonchev–Trinajstić information content (AvgIpc) is 1.09. The van der Waals surface area contributed by atoms with Crippen LogP contribution in [-0.2, 0) is 65.4 Å². The Kier molecular flexibility index (Phi) is 66.8. The zero-order valence-electron chi connectivity index (χ0n) is 64.4. The Hall–Kier alpha value is -1.94. The summed E-state index contributed by atoms with van der Waals surface area (Å²) in [6, 6.07) is 0. The van der Waals surface area contributed by atoms with Crippen molar-refractivity contribution in [1.29, 1.82) is 0 Å². The van der Waals surface area contributed by atoms with E-state index in [1.165, 1.54) is 199 Å². The number of rotatable bonds is 76. The third-order valence-corrected chi connectivity index (χ3v) is 20.6. The van der Waals surface area contributed by atoms with E-state index in [1.807, 2.05) is 0 Å². The fourth-order valence-corrected chi connectivity index (χ4v) is 13.6. The van der Waals surface area contributed by atoms with Gasteiger partial charge in [-0.3, -0.25) is 37.3 Å². The highest BCUT2D eigenvalue weighted by Gasteiger charge is 2.30. The number of hydrogen-bond acceptors (Lipinski definition) is 15. The summed E-state index contributed by atoms with van der Waals surface area (Å²) >= 11 is 0. The van der Waals surface area contributed by atoms with Crippen LogP contribution in [0.3, 0.4) is 0 Å². The van der Waals surface area contributed by atoms with Gasteiger partial charge >= 0.3 is 39.5 Å². The summed E-state index contributed by atoms with van der Waals surface area (Å²) in [6.07, 6.45) is 54.4. The van der Waals surface area contributed by atoms with Crippen molar-refractivity contribution in [3.8, 4) is 0 Å². The van der Waals surface area contributed by atoms with E-state index in [1.54, 1.807) is 0 Å². The van der Waals surface area contributed by atoms with Gasteiger partial charge in [0.25, 0.3) is 0 Å². The number of phosphoric ester groups is 2. The van der Waals surface area contributed by atoms with Gasteiger partial charge < -0.3 is 33.8 Å². The quantitative estimate of drug-likeness (QED) is 0.0222. The number of carbonyl (C=O) groups excluding carboxylic acids is 4. The summed E-state index contributed by atoms with van der Waals surface area (Å²) in [7, 11) is -9.91. The molecule has 19 heteroatoms. The van der Waals surface area contributed by atoms with Gasteiger partial charge in [-0.25, -0.2) is 9.13 Å². The molecule has 0 aromatic heterocycles. The molecule has 0 aliphatic heterocycles. The standard InChI is InChI=1S/C79H154O17P2/c1-9-72(8)58-50-42-33-26-22-18-14-12-10-11-13-15-19-24-28-35-45-53-61-78(83)95-75(66-90-77(82)60-52-44-38-37-41-49-57-71(6)7)68-94-98(87,88)92-64-73(80)63-91-97(85,86)93-67-74(96-79(84)62-54-46-36-30-29-32-40-48-56-70(4)5)65-89-76(81)59-51-43-34-27-23-20-16-17-21-25-31-39-47-55-69(2)3/h69-75,80H,9-68H2,1-8H3,(H,85,86)(H,87,88)/t72?,73-,74-,75-/m1/s1. The van der Waals surface area contributed by atoms with E-state index in [2.05, 4.69) is 55.4 Å². The molecule has 0 spiro atoms. The number of hydrogen-bond donors (Lipinski definition) is 3. The molecule has 0 aliphatic carbocycles. The minimum Gasteiger partial charge on any atom is -0.462 e. The van der Waals surface area contributed by atoms with Gasteiger partial charge in [-0.05, 0) is 49.4 Å². The first-order valence-electron chi connectivity index (χ1n) is 40.7. The predicted octanol–water partition coefficient (Wildman–Crippen LogP) is 23.2. The Balaban J connectivity index is 5.14. The Morgan fingerprint density at radius 2 is 0.490 bits per heavy atom. The molecular weight excluding hydrogens is 1280 g/mol. The summed E-state index contributed by atoms with van der Waals surface area (Å²) in [5.41, 5.74) is 0. The van der Waals surface area contributed by atoms with Gasteiger partial charge in [-0.1, -0.05) is 351 Å². The molecule has 6 atom stereocenters. The van der Waals surface area contributed by atoms with Gasteiger partial charge in [-0.15, -0.1) is 0 Å². The smallest absolute Gasteiger partial charge is 0.462 e. The number of esters is 4. The molecule has 3 N–H and O–H groups in total. The van der Waals surface area contributed by atoms with Crippen LogP contribution >= 0.6 is 15.6 Å². The molecule has 3 unspecified atom stereocenters. The fourth-order valence-electron chi connectivity index (χ4n) is 12.0. The Labute approximate surface area is 600 Å². The summed E-state index contributed by atoms with van der Waals surface area (Å²) in [4.78, 5) is 72.8. The van der Waals surface area contributed by atoms with Crippen molar-refractivity contribution >= 4 is 39.5 Å². The summed E-state index contributed by atoms with van der Waals surface area (Å²) in [6.45, 7) is 14.2. The van der Waals surface area contributed by atoms with Crippen LogP contribution in [0, 0.1) is 23.7 Å². The third kappa shape index (κ3) is 71.1. The van der Waals surface area contributed by atoms with E-state index in [4.69, 9.17) is 37.0 Å². The molecule has 0 aromatic carbocycles.